The summed E-state index contributed by atoms with van der Waals surface area (Å²) in [7, 11) is 1.48. The van der Waals surface area contributed by atoms with E-state index < -0.39 is 26.5 Å². The number of esters is 2. The molecule has 0 aromatic carbocycles. The second-order valence-electron chi connectivity index (χ2n) is 23.5. The Hall–Kier alpha value is -2.29. The van der Waals surface area contributed by atoms with Gasteiger partial charge in [-0.05, 0) is 77.0 Å². The van der Waals surface area contributed by atoms with E-state index >= 15 is 0 Å². The molecule has 0 saturated heterocycles. The summed E-state index contributed by atoms with van der Waals surface area (Å²) in [6.07, 6.45) is 77.5. The number of carbonyl (C=O) groups is 2. The molecule has 10 heteroatoms. The van der Waals surface area contributed by atoms with Crippen LogP contribution in [0.5, 0.6) is 0 Å². The Bertz CT molecular complexity index is 1500. The molecule has 0 aliphatic heterocycles. The monoisotopic (exact) mass is 1120 g/mol. The minimum absolute atomic E-state index is 0.0294. The molecule has 0 aliphatic rings. The third-order valence-corrected chi connectivity index (χ3v) is 15.5. The van der Waals surface area contributed by atoms with Crippen LogP contribution in [0.1, 0.15) is 309 Å². The number of unbranched alkanes of at least 4 members (excludes halogenated alkanes) is 37. The van der Waals surface area contributed by atoms with Crippen LogP contribution in [-0.2, 0) is 32.7 Å². The lowest BCUT2D eigenvalue weighted by molar-refractivity contribution is -0.870. The number of ether oxygens (including phenoxy) is 2. The first-order valence-electron chi connectivity index (χ1n) is 33.0. The summed E-state index contributed by atoms with van der Waals surface area (Å²) in [5, 5.41) is 0. The van der Waals surface area contributed by atoms with Crippen molar-refractivity contribution in [2.75, 3.05) is 47.5 Å². The zero-order valence-electron chi connectivity index (χ0n) is 51.9. The standard InChI is InChI=1S/C68H126NO8P/c1-6-8-10-12-14-16-18-20-22-24-26-28-29-30-31-32-33-34-35-36-37-38-39-41-42-44-46-48-50-52-54-56-58-60-67(70)74-64-66(65-76-78(72,73)75-63-62-69(3,4)5)77-68(71)61-59-57-55-53-51-49-47-45-43-40-27-25-23-21-19-17-15-13-11-9-7-2/h9,11,15,17,21,23-24,26-27,40,66H,6-8,10,12-14,16,18-20,22,25,28-39,41-65H2,1-5H3/p+1/b11-9-,17-15-,23-21-,26-24-,40-27-. The molecule has 0 radical (unpaired) electrons. The average molecular weight is 1120 g/mol. The maximum absolute atomic E-state index is 12.8. The highest BCUT2D eigenvalue weighted by atomic mass is 31.2. The molecule has 1 N–H and O–H groups in total. The highest BCUT2D eigenvalue weighted by molar-refractivity contribution is 7.47. The van der Waals surface area contributed by atoms with Crippen molar-refractivity contribution in [1.82, 2.24) is 0 Å². The van der Waals surface area contributed by atoms with Gasteiger partial charge in [-0.1, -0.05) is 280 Å². The first-order valence-corrected chi connectivity index (χ1v) is 34.5. The van der Waals surface area contributed by atoms with Crippen LogP contribution in [0, 0.1) is 0 Å². The Kier molecular flexibility index (Phi) is 57.6. The first kappa shape index (κ1) is 75.7. The number of phosphoric acid groups is 1. The molecule has 0 saturated carbocycles. The molecule has 0 fully saturated rings. The van der Waals surface area contributed by atoms with Crippen molar-refractivity contribution in [3.8, 4) is 0 Å². The van der Waals surface area contributed by atoms with E-state index in [0.29, 0.717) is 17.4 Å². The molecule has 0 bridgehead atoms. The van der Waals surface area contributed by atoms with E-state index in [-0.39, 0.29) is 32.0 Å². The van der Waals surface area contributed by atoms with Crippen LogP contribution in [0.2, 0.25) is 0 Å². The number of nitrogens with zero attached hydrogens (tertiary/aromatic N) is 1. The molecular formula is C68H127NO8P+. The molecular weight excluding hydrogens is 990 g/mol. The van der Waals surface area contributed by atoms with Gasteiger partial charge in [-0.2, -0.15) is 0 Å². The van der Waals surface area contributed by atoms with E-state index in [2.05, 4.69) is 74.6 Å². The van der Waals surface area contributed by atoms with E-state index in [0.717, 1.165) is 70.6 Å². The van der Waals surface area contributed by atoms with Crippen LogP contribution < -0.4 is 0 Å². The lowest BCUT2D eigenvalue weighted by Gasteiger charge is -2.24. The topological polar surface area (TPSA) is 108 Å². The van der Waals surface area contributed by atoms with Gasteiger partial charge in [0.05, 0.1) is 27.7 Å². The van der Waals surface area contributed by atoms with Gasteiger partial charge in [0.1, 0.15) is 19.8 Å². The smallest absolute Gasteiger partial charge is 0.462 e. The Morgan fingerprint density at radius 2 is 0.731 bits per heavy atom. The third kappa shape index (κ3) is 62.9. The van der Waals surface area contributed by atoms with Gasteiger partial charge in [0.2, 0.25) is 0 Å². The second kappa shape index (κ2) is 59.3. The van der Waals surface area contributed by atoms with Crippen molar-refractivity contribution in [1.29, 1.82) is 0 Å². The molecule has 0 rings (SSSR count). The quantitative estimate of drug-likeness (QED) is 0.0211. The van der Waals surface area contributed by atoms with Crippen molar-refractivity contribution in [3.63, 3.8) is 0 Å². The SMILES string of the molecule is CC/C=C\C/C=C\C/C=C\C/C=C\CCCCCCCCCCC(=O)OC(COC(=O)CCCCCCCCCCCCCCCCCCCCCCC/C=C\CCCCCCCCCC)COP(=O)(O)OCC[N+](C)(C)C. The Morgan fingerprint density at radius 1 is 0.410 bits per heavy atom. The van der Waals surface area contributed by atoms with E-state index in [1.165, 1.54) is 205 Å². The maximum Gasteiger partial charge on any atom is 0.472 e. The van der Waals surface area contributed by atoms with Gasteiger partial charge < -0.3 is 18.9 Å². The van der Waals surface area contributed by atoms with Crippen LogP contribution in [0.15, 0.2) is 60.8 Å². The van der Waals surface area contributed by atoms with Crippen LogP contribution in [0.4, 0.5) is 0 Å². The highest BCUT2D eigenvalue weighted by Crippen LogP contribution is 2.43. The zero-order valence-corrected chi connectivity index (χ0v) is 52.8. The van der Waals surface area contributed by atoms with Gasteiger partial charge in [-0.25, -0.2) is 4.57 Å². The summed E-state index contributed by atoms with van der Waals surface area (Å²) < 4.78 is 34.7. The molecule has 78 heavy (non-hydrogen) atoms. The van der Waals surface area contributed by atoms with Gasteiger partial charge in [-0.3, -0.25) is 18.6 Å². The normalized spacial score (nSPS) is 13.6. The van der Waals surface area contributed by atoms with E-state index in [9.17, 15) is 19.0 Å². The molecule has 2 unspecified atom stereocenters. The molecule has 0 aromatic rings. The number of hydrogen-bond acceptors (Lipinski definition) is 7. The van der Waals surface area contributed by atoms with Gasteiger partial charge in [0.25, 0.3) is 0 Å². The number of allylic oxidation sites excluding steroid dienone is 10. The van der Waals surface area contributed by atoms with Gasteiger partial charge >= 0.3 is 19.8 Å². The molecule has 456 valence electrons. The summed E-state index contributed by atoms with van der Waals surface area (Å²) in [4.78, 5) is 35.8. The lowest BCUT2D eigenvalue weighted by Crippen LogP contribution is -2.37. The molecule has 0 spiro atoms. The predicted molar refractivity (Wildman–Crippen MR) is 335 cm³/mol. The summed E-state index contributed by atoms with van der Waals surface area (Å²) in [6, 6.07) is 0. The van der Waals surface area contributed by atoms with E-state index in [1.807, 2.05) is 21.1 Å². The Labute approximate surface area is 483 Å². The molecule has 0 aromatic heterocycles. The molecule has 9 nitrogen and oxygen atoms in total. The number of likely N-dealkylation sites (N-methyl/N-ethyl adjacent to an activating group) is 1. The van der Waals surface area contributed by atoms with Crippen LogP contribution in [0.25, 0.3) is 0 Å². The summed E-state index contributed by atoms with van der Waals surface area (Å²) in [5.41, 5.74) is 0. The van der Waals surface area contributed by atoms with Gasteiger partial charge in [0, 0.05) is 12.8 Å². The van der Waals surface area contributed by atoms with Crippen molar-refractivity contribution in [3.05, 3.63) is 60.8 Å². The molecule has 0 aliphatic carbocycles. The summed E-state index contributed by atoms with van der Waals surface area (Å²) in [5.74, 6) is -0.796. The average Bonchev–Trinajstić information content (AvgIpc) is 3.41. The fourth-order valence-electron chi connectivity index (χ4n) is 9.48. The number of carbonyl (C=O) groups excluding carboxylic acids is 2. The number of rotatable bonds is 61. The van der Waals surface area contributed by atoms with Gasteiger partial charge in [0.15, 0.2) is 6.10 Å². The zero-order chi connectivity index (χ0) is 57.0. The fraction of sp³-hybridized carbons (Fsp3) is 0.824. The number of phosphoric ester groups is 1. The fourth-order valence-corrected chi connectivity index (χ4v) is 10.2. The van der Waals surface area contributed by atoms with E-state index in [1.54, 1.807) is 0 Å². The minimum Gasteiger partial charge on any atom is -0.462 e. The third-order valence-electron chi connectivity index (χ3n) is 14.5. The number of hydrogen-bond donors (Lipinski definition) is 1. The first-order chi connectivity index (χ1) is 38.0. The van der Waals surface area contributed by atoms with Crippen molar-refractivity contribution in [2.24, 2.45) is 0 Å². The van der Waals surface area contributed by atoms with E-state index in [4.69, 9.17) is 18.5 Å². The molecule has 0 amide bonds. The van der Waals surface area contributed by atoms with Crippen molar-refractivity contribution >= 4 is 19.8 Å². The summed E-state index contributed by atoms with van der Waals surface area (Å²) in [6.45, 7) is 4.35. The Balaban J connectivity index is 4.01. The second-order valence-corrected chi connectivity index (χ2v) is 24.9. The van der Waals surface area contributed by atoms with Crippen molar-refractivity contribution in [2.45, 2.75) is 315 Å². The van der Waals surface area contributed by atoms with Crippen LogP contribution >= 0.6 is 7.82 Å². The van der Waals surface area contributed by atoms with Gasteiger partial charge in [-0.15, -0.1) is 0 Å². The Morgan fingerprint density at radius 3 is 1.10 bits per heavy atom. The molecule has 2 atom stereocenters. The predicted octanol–water partition coefficient (Wildman–Crippen LogP) is 21.0. The highest BCUT2D eigenvalue weighted by Gasteiger charge is 2.27. The maximum atomic E-state index is 12.8. The van der Waals surface area contributed by atoms with Crippen LogP contribution in [-0.4, -0.2) is 74.9 Å². The lowest BCUT2D eigenvalue weighted by atomic mass is 10.0. The summed E-state index contributed by atoms with van der Waals surface area (Å²) >= 11 is 0. The molecule has 0 heterocycles. The van der Waals surface area contributed by atoms with Crippen molar-refractivity contribution < 1.29 is 42.1 Å². The van der Waals surface area contributed by atoms with Crippen LogP contribution in [0.3, 0.4) is 0 Å². The number of quaternary nitrogens is 1. The minimum atomic E-state index is -4.39. The largest absolute Gasteiger partial charge is 0.472 e.